The average molecular weight is 356 g/mol. The maximum Gasteiger partial charge on any atom is 0.226 e. The van der Waals surface area contributed by atoms with Gasteiger partial charge in [-0.05, 0) is 6.42 Å². The molecule has 25 heavy (non-hydrogen) atoms. The number of hydrogen-bond donors (Lipinski definition) is 1. The highest BCUT2D eigenvalue weighted by Crippen LogP contribution is 2.23. The highest BCUT2D eigenvalue weighted by Gasteiger charge is 2.11. The van der Waals surface area contributed by atoms with Gasteiger partial charge in [0.15, 0.2) is 11.7 Å². The first-order valence-electron chi connectivity index (χ1n) is 8.25. The van der Waals surface area contributed by atoms with Gasteiger partial charge in [0.25, 0.3) is 0 Å². The molecule has 2 heterocycles. The molecule has 7 heteroatoms. The number of hydrogen-bond acceptors (Lipinski definition) is 6. The number of carbonyl (C=O) groups is 1. The number of carbonyl (C=O) groups excluding carboxylic acids is 1. The summed E-state index contributed by atoms with van der Waals surface area (Å²) in [6, 6.07) is 9.83. The van der Waals surface area contributed by atoms with Crippen LogP contribution in [0.3, 0.4) is 0 Å². The second-order valence-corrected chi connectivity index (χ2v) is 7.00. The van der Waals surface area contributed by atoms with Crippen LogP contribution in [0.5, 0.6) is 0 Å². The van der Waals surface area contributed by atoms with Crippen LogP contribution in [0.4, 0.5) is 5.13 Å². The Bertz CT molecular complexity index is 826. The molecule has 6 nitrogen and oxygen atoms in total. The summed E-state index contributed by atoms with van der Waals surface area (Å²) in [4.78, 5) is 16.3. The first-order valence-corrected chi connectivity index (χ1v) is 9.07. The summed E-state index contributed by atoms with van der Waals surface area (Å²) in [5.74, 6) is 1.63. The van der Waals surface area contributed by atoms with Crippen molar-refractivity contribution in [1.82, 2.24) is 15.2 Å². The van der Waals surface area contributed by atoms with Crippen LogP contribution in [0.25, 0.3) is 11.3 Å². The zero-order chi connectivity index (χ0) is 17.6. The number of nitrogens with zero attached hydrogens (tertiary/aromatic N) is 3. The number of aromatic nitrogens is 3. The zero-order valence-electron chi connectivity index (χ0n) is 14.2. The Morgan fingerprint density at radius 1 is 1.24 bits per heavy atom. The molecule has 0 aliphatic carbocycles. The molecule has 130 valence electrons. The van der Waals surface area contributed by atoms with Gasteiger partial charge in [0.05, 0.1) is 6.20 Å². The number of aryl methyl sites for hydroxylation is 1. The summed E-state index contributed by atoms with van der Waals surface area (Å²) >= 11 is 1.42. The molecule has 0 aliphatic rings. The summed E-state index contributed by atoms with van der Waals surface area (Å²) in [7, 11) is 0. The minimum atomic E-state index is -0.0682. The van der Waals surface area contributed by atoms with Gasteiger partial charge in [-0.2, -0.15) is 0 Å². The van der Waals surface area contributed by atoms with Crippen molar-refractivity contribution < 1.29 is 9.21 Å². The molecule has 1 N–H and O–H groups in total. The van der Waals surface area contributed by atoms with Gasteiger partial charge in [0.2, 0.25) is 11.0 Å². The number of amides is 1. The topological polar surface area (TPSA) is 80.9 Å². The molecule has 0 unspecified atom stereocenters. The quantitative estimate of drug-likeness (QED) is 0.683. The fourth-order valence-electron chi connectivity index (χ4n) is 2.26. The first-order chi connectivity index (χ1) is 12.1. The molecule has 1 aromatic carbocycles. The van der Waals surface area contributed by atoms with Crippen molar-refractivity contribution in [2.45, 2.75) is 39.0 Å². The monoisotopic (exact) mass is 356 g/mol. The second kappa shape index (κ2) is 8.02. The van der Waals surface area contributed by atoms with Crippen molar-refractivity contribution in [1.29, 1.82) is 0 Å². The molecule has 0 fully saturated rings. The lowest BCUT2D eigenvalue weighted by molar-refractivity contribution is -0.116. The van der Waals surface area contributed by atoms with Gasteiger partial charge in [0.1, 0.15) is 5.01 Å². The number of benzene rings is 1. The minimum absolute atomic E-state index is 0.0682. The van der Waals surface area contributed by atoms with Crippen molar-refractivity contribution >= 4 is 22.4 Å². The van der Waals surface area contributed by atoms with Crippen LogP contribution in [0.15, 0.2) is 40.9 Å². The lowest BCUT2D eigenvalue weighted by Crippen LogP contribution is -2.11. The molecule has 3 aromatic rings. The van der Waals surface area contributed by atoms with Crippen molar-refractivity contribution in [3.05, 3.63) is 47.4 Å². The number of oxazole rings is 1. The third-order valence-electron chi connectivity index (χ3n) is 3.59. The van der Waals surface area contributed by atoms with E-state index in [1.165, 1.54) is 11.3 Å². The fraction of sp³-hybridized carbons (Fsp3) is 0.333. The molecular formula is C18H20N4O2S. The van der Waals surface area contributed by atoms with E-state index in [1.807, 2.05) is 44.2 Å². The van der Waals surface area contributed by atoms with Gasteiger partial charge >= 0.3 is 0 Å². The number of rotatable bonds is 7. The Kier molecular flexibility index (Phi) is 5.55. The Labute approximate surface area is 150 Å². The van der Waals surface area contributed by atoms with E-state index < -0.39 is 0 Å². The summed E-state index contributed by atoms with van der Waals surface area (Å²) in [5.41, 5.74) is 0.996. The van der Waals surface area contributed by atoms with Gasteiger partial charge in [-0.25, -0.2) is 4.98 Å². The highest BCUT2D eigenvalue weighted by molar-refractivity contribution is 7.15. The Morgan fingerprint density at radius 3 is 2.76 bits per heavy atom. The minimum Gasteiger partial charge on any atom is -0.441 e. The molecule has 0 atom stereocenters. The SMILES string of the molecule is CC(C)c1nnc(NC(=O)CCCc2ncc(-c3ccccc3)o2)s1. The average Bonchev–Trinajstić information content (AvgIpc) is 3.25. The van der Waals surface area contributed by atoms with E-state index in [2.05, 4.69) is 20.5 Å². The standard InChI is InChI=1S/C18H20N4O2S/c1-12(2)17-21-22-18(25-17)20-15(23)9-6-10-16-19-11-14(24-16)13-7-4-3-5-8-13/h3-5,7-8,11-12H,6,9-10H2,1-2H3,(H,20,22,23). The highest BCUT2D eigenvalue weighted by atomic mass is 32.1. The first kappa shape index (κ1) is 17.3. The third-order valence-corrected chi connectivity index (χ3v) is 4.73. The molecule has 3 rings (SSSR count). The summed E-state index contributed by atoms with van der Waals surface area (Å²) in [6.45, 7) is 4.10. The van der Waals surface area contributed by atoms with E-state index in [0.717, 1.165) is 16.3 Å². The van der Waals surface area contributed by atoms with Crippen molar-refractivity contribution in [3.8, 4) is 11.3 Å². The molecule has 1 amide bonds. The summed E-state index contributed by atoms with van der Waals surface area (Å²) in [6.07, 6.45) is 3.39. The van der Waals surface area contributed by atoms with Crippen LogP contribution in [0.2, 0.25) is 0 Å². The molecular weight excluding hydrogens is 336 g/mol. The predicted octanol–water partition coefficient (Wildman–Crippen LogP) is 4.28. The Balaban J connectivity index is 1.46. The van der Waals surface area contributed by atoms with Crippen LogP contribution >= 0.6 is 11.3 Å². The molecule has 2 aromatic heterocycles. The van der Waals surface area contributed by atoms with Gasteiger partial charge in [-0.3, -0.25) is 4.79 Å². The lowest BCUT2D eigenvalue weighted by Gasteiger charge is -2.00. The molecule has 0 saturated carbocycles. The lowest BCUT2D eigenvalue weighted by atomic mass is 10.2. The van der Waals surface area contributed by atoms with Crippen LogP contribution in [0, 0.1) is 0 Å². The molecule has 0 spiro atoms. The smallest absolute Gasteiger partial charge is 0.226 e. The van der Waals surface area contributed by atoms with Crippen LogP contribution in [0.1, 0.15) is 43.5 Å². The Morgan fingerprint density at radius 2 is 2.04 bits per heavy atom. The van der Waals surface area contributed by atoms with Crippen molar-refractivity contribution in [2.75, 3.05) is 5.32 Å². The van der Waals surface area contributed by atoms with E-state index in [-0.39, 0.29) is 5.91 Å². The molecule has 0 aliphatic heterocycles. The van der Waals surface area contributed by atoms with E-state index in [9.17, 15) is 4.79 Å². The van der Waals surface area contributed by atoms with Crippen molar-refractivity contribution in [3.63, 3.8) is 0 Å². The molecule has 0 saturated heterocycles. The van der Waals surface area contributed by atoms with Gasteiger partial charge < -0.3 is 9.73 Å². The van der Waals surface area contributed by atoms with E-state index in [4.69, 9.17) is 4.42 Å². The predicted molar refractivity (Wildman–Crippen MR) is 97.5 cm³/mol. The van der Waals surface area contributed by atoms with Gasteiger partial charge in [-0.15, -0.1) is 10.2 Å². The summed E-state index contributed by atoms with van der Waals surface area (Å²) in [5, 5.41) is 12.3. The van der Waals surface area contributed by atoms with Gasteiger partial charge in [0, 0.05) is 24.3 Å². The van der Waals surface area contributed by atoms with E-state index >= 15 is 0 Å². The van der Waals surface area contributed by atoms with E-state index in [1.54, 1.807) is 6.20 Å². The van der Waals surface area contributed by atoms with Crippen LogP contribution in [-0.2, 0) is 11.2 Å². The van der Waals surface area contributed by atoms with Crippen LogP contribution in [-0.4, -0.2) is 21.1 Å². The molecule has 0 radical (unpaired) electrons. The second-order valence-electron chi connectivity index (χ2n) is 5.99. The normalized spacial score (nSPS) is 11.0. The van der Waals surface area contributed by atoms with Crippen LogP contribution < -0.4 is 5.32 Å². The maximum absolute atomic E-state index is 12.0. The number of anilines is 1. The maximum atomic E-state index is 12.0. The number of nitrogens with one attached hydrogen (secondary N) is 1. The fourth-order valence-corrected chi connectivity index (χ4v) is 3.02. The summed E-state index contributed by atoms with van der Waals surface area (Å²) < 4.78 is 5.74. The zero-order valence-corrected chi connectivity index (χ0v) is 15.0. The molecule has 0 bridgehead atoms. The third kappa shape index (κ3) is 4.73. The van der Waals surface area contributed by atoms with Crippen molar-refractivity contribution in [2.24, 2.45) is 0 Å². The Hall–Kier alpha value is -2.54. The van der Waals surface area contributed by atoms with Gasteiger partial charge in [-0.1, -0.05) is 55.5 Å². The van der Waals surface area contributed by atoms with E-state index in [0.29, 0.717) is 36.2 Å². The largest absolute Gasteiger partial charge is 0.441 e.